The van der Waals surface area contributed by atoms with E-state index in [1.54, 1.807) is 7.11 Å². The Labute approximate surface area is 162 Å². The van der Waals surface area contributed by atoms with Gasteiger partial charge in [-0.2, -0.15) is 0 Å². The molecule has 2 unspecified atom stereocenters. The third kappa shape index (κ3) is 7.56. The van der Waals surface area contributed by atoms with Crippen molar-refractivity contribution >= 4 is 18.3 Å². The lowest BCUT2D eigenvalue weighted by atomic mass is 9.98. The first kappa shape index (κ1) is 22.2. The van der Waals surface area contributed by atoms with Crippen molar-refractivity contribution in [3.05, 3.63) is 71.8 Å². The van der Waals surface area contributed by atoms with Crippen LogP contribution >= 0.6 is 12.4 Å². The number of methoxy groups -OCH3 is 1. The molecular weight excluding hydrogens is 348 g/mol. The van der Waals surface area contributed by atoms with Crippen molar-refractivity contribution in [3.63, 3.8) is 0 Å². The molecule has 3 N–H and O–H groups in total. The van der Waals surface area contributed by atoms with Crippen LogP contribution in [0.4, 0.5) is 0 Å². The van der Waals surface area contributed by atoms with Crippen LogP contribution in [-0.2, 0) is 16.0 Å². The van der Waals surface area contributed by atoms with E-state index in [1.807, 2.05) is 24.3 Å². The van der Waals surface area contributed by atoms with Crippen molar-refractivity contribution in [2.24, 2.45) is 5.73 Å². The van der Waals surface area contributed by atoms with Gasteiger partial charge in [0.15, 0.2) is 0 Å². The van der Waals surface area contributed by atoms with Crippen LogP contribution in [0.1, 0.15) is 36.4 Å². The summed E-state index contributed by atoms with van der Waals surface area (Å²) in [5, 5.41) is 3.14. The second-order valence-electron chi connectivity index (χ2n) is 6.21. The summed E-state index contributed by atoms with van der Waals surface area (Å²) in [6, 6.07) is 20.5. The van der Waals surface area contributed by atoms with E-state index in [0.717, 1.165) is 24.8 Å². The van der Waals surface area contributed by atoms with Crippen molar-refractivity contribution in [1.29, 1.82) is 0 Å². The number of nitrogens with two attached hydrogens (primary N) is 1. The zero-order chi connectivity index (χ0) is 17.9. The van der Waals surface area contributed by atoms with Gasteiger partial charge in [-0.05, 0) is 30.4 Å². The fraction of sp³-hybridized carbons (Fsp3) is 0.381. The zero-order valence-corrected chi connectivity index (χ0v) is 16.1. The lowest BCUT2D eigenvalue weighted by Crippen LogP contribution is -2.34. The highest BCUT2D eigenvalue weighted by Gasteiger charge is 2.17. The minimum atomic E-state index is -0.235. The fourth-order valence-corrected chi connectivity index (χ4v) is 2.89. The molecule has 2 aromatic carbocycles. The van der Waals surface area contributed by atoms with Crippen molar-refractivity contribution in [2.75, 3.05) is 13.7 Å². The van der Waals surface area contributed by atoms with E-state index in [2.05, 4.69) is 41.7 Å². The molecule has 142 valence electrons. The van der Waals surface area contributed by atoms with Crippen LogP contribution in [0, 0.1) is 0 Å². The van der Waals surface area contributed by atoms with E-state index < -0.39 is 0 Å². The lowest BCUT2D eigenvalue weighted by Gasteiger charge is -2.21. The molecule has 0 bridgehead atoms. The number of carbonyl (C=O) groups excluding carboxylic acids is 1. The van der Waals surface area contributed by atoms with Gasteiger partial charge in [-0.25, -0.2) is 0 Å². The van der Waals surface area contributed by atoms with Gasteiger partial charge in [-0.3, -0.25) is 4.79 Å². The highest BCUT2D eigenvalue weighted by molar-refractivity contribution is 5.85. The molecule has 0 aromatic heterocycles. The van der Waals surface area contributed by atoms with Crippen LogP contribution in [0.25, 0.3) is 0 Å². The van der Waals surface area contributed by atoms with E-state index in [9.17, 15) is 4.79 Å². The fourth-order valence-electron chi connectivity index (χ4n) is 2.89. The van der Waals surface area contributed by atoms with Gasteiger partial charge in [0.25, 0.3) is 0 Å². The Morgan fingerprint density at radius 3 is 2.27 bits per heavy atom. The average Bonchev–Trinajstić information content (AvgIpc) is 2.67. The van der Waals surface area contributed by atoms with Gasteiger partial charge < -0.3 is 15.8 Å². The van der Waals surface area contributed by atoms with Crippen molar-refractivity contribution < 1.29 is 9.53 Å². The molecule has 0 saturated heterocycles. The molecule has 4 nitrogen and oxygen atoms in total. The van der Waals surface area contributed by atoms with Gasteiger partial charge in [0.05, 0.1) is 18.6 Å². The third-order valence-electron chi connectivity index (χ3n) is 4.35. The maximum Gasteiger partial charge on any atom is 0.223 e. The number of rotatable bonds is 10. The molecular formula is C21H29ClN2O2. The van der Waals surface area contributed by atoms with Gasteiger partial charge in [0.2, 0.25) is 5.91 Å². The minimum Gasteiger partial charge on any atom is -0.380 e. The molecule has 0 radical (unpaired) electrons. The topological polar surface area (TPSA) is 64.3 Å². The van der Waals surface area contributed by atoms with E-state index in [4.69, 9.17) is 10.5 Å². The van der Waals surface area contributed by atoms with E-state index >= 15 is 0 Å². The van der Waals surface area contributed by atoms with Crippen LogP contribution < -0.4 is 11.1 Å². The molecule has 0 aliphatic carbocycles. The molecule has 1 amide bonds. The third-order valence-corrected chi connectivity index (χ3v) is 4.35. The van der Waals surface area contributed by atoms with Crippen molar-refractivity contribution in [3.8, 4) is 0 Å². The standard InChI is InChI=1S/C21H28N2O2.ClH/c1-25-19(16-22)15-21(24)23-20(18-12-6-3-7-13-18)14-8-11-17-9-4-2-5-10-17;/h2-7,9-10,12-13,19-20H,8,11,14-16,22H2,1H3,(H,23,24);1H. The van der Waals surface area contributed by atoms with Crippen LogP contribution in [0.2, 0.25) is 0 Å². The highest BCUT2D eigenvalue weighted by atomic mass is 35.5. The maximum atomic E-state index is 12.3. The summed E-state index contributed by atoms with van der Waals surface area (Å²) in [6.07, 6.45) is 2.96. The molecule has 0 aliphatic heterocycles. The summed E-state index contributed by atoms with van der Waals surface area (Å²) in [7, 11) is 1.58. The highest BCUT2D eigenvalue weighted by Crippen LogP contribution is 2.20. The second kappa shape index (κ2) is 12.5. The van der Waals surface area contributed by atoms with Crippen molar-refractivity contribution in [2.45, 2.75) is 37.8 Å². The normalized spacial score (nSPS) is 12.7. The summed E-state index contributed by atoms with van der Waals surface area (Å²) < 4.78 is 5.21. The van der Waals surface area contributed by atoms with Gasteiger partial charge in [-0.1, -0.05) is 60.7 Å². The summed E-state index contributed by atoms with van der Waals surface area (Å²) in [6.45, 7) is 0.341. The number of hydrogen-bond donors (Lipinski definition) is 2. The molecule has 0 saturated carbocycles. The number of hydrogen-bond acceptors (Lipinski definition) is 3. The average molecular weight is 377 g/mol. The number of carbonyl (C=O) groups is 1. The van der Waals surface area contributed by atoms with Gasteiger partial charge in [-0.15, -0.1) is 12.4 Å². The summed E-state index contributed by atoms with van der Waals surface area (Å²) in [5.74, 6) is -0.0223. The predicted octanol–water partition coefficient (Wildman–Crippen LogP) is 3.65. The Kier molecular flexibility index (Phi) is 10.6. The summed E-state index contributed by atoms with van der Waals surface area (Å²) in [5.41, 5.74) is 8.07. The molecule has 0 fully saturated rings. The van der Waals surface area contributed by atoms with E-state index in [0.29, 0.717) is 6.54 Å². The van der Waals surface area contributed by atoms with Crippen LogP contribution in [0.15, 0.2) is 60.7 Å². The Morgan fingerprint density at radius 2 is 1.69 bits per heavy atom. The number of nitrogens with one attached hydrogen (secondary N) is 1. The molecule has 2 atom stereocenters. The SMILES string of the molecule is COC(CN)CC(=O)NC(CCCc1ccccc1)c1ccccc1.Cl. The minimum absolute atomic E-state index is 0. The molecule has 2 aromatic rings. The number of benzene rings is 2. The number of amides is 1. The van der Waals surface area contributed by atoms with E-state index in [1.165, 1.54) is 5.56 Å². The summed E-state index contributed by atoms with van der Waals surface area (Å²) in [4.78, 5) is 12.3. The quantitative estimate of drug-likeness (QED) is 0.665. The molecule has 0 heterocycles. The first-order chi connectivity index (χ1) is 12.2. The number of aryl methyl sites for hydroxylation is 1. The molecule has 26 heavy (non-hydrogen) atoms. The Balaban J connectivity index is 0.00000338. The monoisotopic (exact) mass is 376 g/mol. The predicted molar refractivity (Wildman–Crippen MR) is 108 cm³/mol. The van der Waals surface area contributed by atoms with Gasteiger partial charge >= 0.3 is 0 Å². The molecule has 0 spiro atoms. The summed E-state index contributed by atoms with van der Waals surface area (Å²) >= 11 is 0. The zero-order valence-electron chi connectivity index (χ0n) is 15.3. The van der Waals surface area contributed by atoms with Crippen LogP contribution in [0.5, 0.6) is 0 Å². The largest absolute Gasteiger partial charge is 0.380 e. The second-order valence-corrected chi connectivity index (χ2v) is 6.21. The van der Waals surface area contributed by atoms with Gasteiger partial charge in [0, 0.05) is 13.7 Å². The first-order valence-electron chi connectivity index (χ1n) is 8.84. The molecule has 5 heteroatoms. The molecule has 2 rings (SSSR count). The number of halogens is 1. The Morgan fingerprint density at radius 1 is 1.08 bits per heavy atom. The van der Waals surface area contributed by atoms with Gasteiger partial charge in [0.1, 0.15) is 0 Å². The smallest absolute Gasteiger partial charge is 0.223 e. The molecule has 0 aliphatic rings. The Bertz CT molecular complexity index is 618. The van der Waals surface area contributed by atoms with Crippen LogP contribution in [-0.4, -0.2) is 25.7 Å². The van der Waals surface area contributed by atoms with Crippen LogP contribution in [0.3, 0.4) is 0 Å². The first-order valence-corrected chi connectivity index (χ1v) is 8.84. The van der Waals surface area contributed by atoms with Crippen molar-refractivity contribution in [1.82, 2.24) is 5.32 Å². The Hall–Kier alpha value is -1.88. The van der Waals surface area contributed by atoms with E-state index in [-0.39, 0.29) is 36.9 Å². The maximum absolute atomic E-state index is 12.3. The lowest BCUT2D eigenvalue weighted by molar-refractivity contribution is -0.124. The number of ether oxygens (including phenoxy) is 1.